The van der Waals surface area contributed by atoms with E-state index in [0.717, 1.165) is 26.2 Å². The molecule has 3 nitrogen and oxygen atoms in total. The zero-order valence-electron chi connectivity index (χ0n) is 10.6. The van der Waals surface area contributed by atoms with Crippen LogP contribution in [0.4, 0.5) is 5.69 Å². The summed E-state index contributed by atoms with van der Waals surface area (Å²) in [6, 6.07) is 8.82. The van der Waals surface area contributed by atoms with E-state index in [1.54, 1.807) is 0 Å². The third kappa shape index (κ3) is 1.80. The molecule has 1 aromatic heterocycles. The molecule has 0 spiro atoms. The number of aromatic nitrogens is 1. The standard InChI is InChI=1S/C14H19N3/c1-15-8-10-17(11-9-15)14-5-3-4-13-12(14)6-7-16(13)2/h3-7H,8-11H2,1-2H3. The van der Waals surface area contributed by atoms with Crippen LogP contribution >= 0.6 is 0 Å². The molecule has 3 rings (SSSR count). The molecule has 1 aliphatic rings. The van der Waals surface area contributed by atoms with Crippen molar-refractivity contribution in [3.8, 4) is 0 Å². The van der Waals surface area contributed by atoms with Crippen LogP contribution in [0, 0.1) is 0 Å². The Kier molecular flexibility index (Phi) is 2.56. The number of anilines is 1. The molecule has 1 aromatic carbocycles. The summed E-state index contributed by atoms with van der Waals surface area (Å²) in [5, 5.41) is 1.37. The number of nitrogens with zero attached hydrogens (tertiary/aromatic N) is 3. The van der Waals surface area contributed by atoms with Gasteiger partial charge in [0.05, 0.1) is 0 Å². The van der Waals surface area contributed by atoms with Crippen LogP contribution in [0.25, 0.3) is 10.9 Å². The second kappa shape index (κ2) is 4.08. The van der Waals surface area contributed by atoms with Gasteiger partial charge < -0.3 is 14.4 Å². The minimum Gasteiger partial charge on any atom is -0.368 e. The Labute approximate surface area is 102 Å². The first-order valence-corrected chi connectivity index (χ1v) is 6.23. The molecule has 3 heteroatoms. The normalized spacial score (nSPS) is 17.9. The van der Waals surface area contributed by atoms with Gasteiger partial charge in [0, 0.05) is 56.0 Å². The van der Waals surface area contributed by atoms with Crippen molar-refractivity contribution in [3.05, 3.63) is 30.5 Å². The lowest BCUT2D eigenvalue weighted by atomic mass is 10.2. The van der Waals surface area contributed by atoms with E-state index in [1.807, 2.05) is 0 Å². The molecular formula is C14H19N3. The summed E-state index contributed by atoms with van der Waals surface area (Å²) in [5.74, 6) is 0. The molecule has 0 radical (unpaired) electrons. The largest absolute Gasteiger partial charge is 0.368 e. The zero-order chi connectivity index (χ0) is 11.8. The van der Waals surface area contributed by atoms with Gasteiger partial charge in [0.1, 0.15) is 0 Å². The number of rotatable bonds is 1. The SMILES string of the molecule is CN1CCN(c2cccc3c2ccn3C)CC1. The van der Waals surface area contributed by atoms with Gasteiger partial charge in [-0.15, -0.1) is 0 Å². The zero-order valence-corrected chi connectivity index (χ0v) is 10.6. The van der Waals surface area contributed by atoms with Crippen LogP contribution < -0.4 is 4.90 Å². The molecule has 17 heavy (non-hydrogen) atoms. The molecular weight excluding hydrogens is 210 g/mol. The van der Waals surface area contributed by atoms with Crippen molar-refractivity contribution in [2.24, 2.45) is 7.05 Å². The number of hydrogen-bond donors (Lipinski definition) is 0. The van der Waals surface area contributed by atoms with Crippen LogP contribution in [0.15, 0.2) is 30.5 Å². The average Bonchev–Trinajstić information content (AvgIpc) is 2.73. The fourth-order valence-electron chi connectivity index (χ4n) is 2.61. The Balaban J connectivity index is 2.00. The Morgan fingerprint density at radius 2 is 1.71 bits per heavy atom. The van der Waals surface area contributed by atoms with E-state index in [1.165, 1.54) is 16.6 Å². The lowest BCUT2D eigenvalue weighted by Crippen LogP contribution is -2.44. The number of hydrogen-bond acceptors (Lipinski definition) is 2. The highest BCUT2D eigenvalue weighted by Crippen LogP contribution is 2.27. The van der Waals surface area contributed by atoms with E-state index >= 15 is 0 Å². The van der Waals surface area contributed by atoms with E-state index < -0.39 is 0 Å². The van der Waals surface area contributed by atoms with Gasteiger partial charge in [-0.1, -0.05) is 6.07 Å². The predicted molar refractivity (Wildman–Crippen MR) is 72.6 cm³/mol. The monoisotopic (exact) mass is 229 g/mol. The minimum absolute atomic E-state index is 1.13. The van der Waals surface area contributed by atoms with Crippen LogP contribution in [-0.4, -0.2) is 42.7 Å². The van der Waals surface area contributed by atoms with Crippen LogP contribution in [-0.2, 0) is 7.05 Å². The smallest absolute Gasteiger partial charge is 0.0498 e. The number of piperazine rings is 1. The first-order chi connectivity index (χ1) is 8.25. The minimum atomic E-state index is 1.13. The summed E-state index contributed by atoms with van der Waals surface area (Å²) < 4.78 is 2.19. The number of aryl methyl sites for hydroxylation is 1. The molecule has 1 saturated heterocycles. The van der Waals surface area contributed by atoms with Crippen molar-refractivity contribution in [1.82, 2.24) is 9.47 Å². The molecule has 1 aliphatic heterocycles. The first-order valence-electron chi connectivity index (χ1n) is 6.23. The van der Waals surface area contributed by atoms with E-state index in [-0.39, 0.29) is 0 Å². The van der Waals surface area contributed by atoms with Gasteiger partial charge in [-0.2, -0.15) is 0 Å². The van der Waals surface area contributed by atoms with Crippen molar-refractivity contribution >= 4 is 16.6 Å². The highest BCUT2D eigenvalue weighted by molar-refractivity contribution is 5.93. The van der Waals surface area contributed by atoms with E-state index in [0.29, 0.717) is 0 Å². The summed E-state index contributed by atoms with van der Waals surface area (Å²) in [5.41, 5.74) is 2.71. The fraction of sp³-hybridized carbons (Fsp3) is 0.429. The number of fused-ring (bicyclic) bond motifs is 1. The second-order valence-corrected chi connectivity index (χ2v) is 4.93. The Morgan fingerprint density at radius 1 is 0.941 bits per heavy atom. The van der Waals surface area contributed by atoms with Crippen LogP contribution in [0.3, 0.4) is 0 Å². The lowest BCUT2D eigenvalue weighted by Gasteiger charge is -2.34. The highest BCUT2D eigenvalue weighted by Gasteiger charge is 2.16. The molecule has 0 saturated carbocycles. The summed E-state index contributed by atoms with van der Waals surface area (Å²) >= 11 is 0. The maximum atomic E-state index is 2.50. The third-order valence-corrected chi connectivity index (χ3v) is 3.75. The first kappa shape index (κ1) is 10.7. The van der Waals surface area contributed by atoms with Gasteiger partial charge in [0.15, 0.2) is 0 Å². The predicted octanol–water partition coefficient (Wildman–Crippen LogP) is 1.93. The Morgan fingerprint density at radius 3 is 2.47 bits per heavy atom. The maximum absolute atomic E-state index is 2.50. The van der Waals surface area contributed by atoms with Crippen LogP contribution in [0.2, 0.25) is 0 Å². The molecule has 0 bridgehead atoms. The lowest BCUT2D eigenvalue weighted by molar-refractivity contribution is 0.313. The molecule has 0 N–H and O–H groups in total. The van der Waals surface area contributed by atoms with E-state index in [2.05, 4.69) is 58.9 Å². The maximum Gasteiger partial charge on any atom is 0.0498 e. The molecule has 1 fully saturated rings. The fourth-order valence-corrected chi connectivity index (χ4v) is 2.61. The second-order valence-electron chi connectivity index (χ2n) is 4.93. The topological polar surface area (TPSA) is 11.4 Å². The summed E-state index contributed by atoms with van der Waals surface area (Å²) in [6.45, 7) is 4.57. The van der Waals surface area contributed by atoms with Crippen LogP contribution in [0.5, 0.6) is 0 Å². The van der Waals surface area contributed by atoms with Crippen molar-refractivity contribution in [3.63, 3.8) is 0 Å². The van der Waals surface area contributed by atoms with E-state index in [4.69, 9.17) is 0 Å². The summed E-state index contributed by atoms with van der Waals surface area (Å²) in [4.78, 5) is 4.89. The molecule has 0 aliphatic carbocycles. The molecule has 0 unspecified atom stereocenters. The van der Waals surface area contributed by atoms with Gasteiger partial charge in [-0.25, -0.2) is 0 Å². The van der Waals surface area contributed by atoms with E-state index in [9.17, 15) is 0 Å². The molecule has 90 valence electrons. The van der Waals surface area contributed by atoms with Crippen molar-refractivity contribution in [2.75, 3.05) is 38.1 Å². The molecule has 0 amide bonds. The van der Waals surface area contributed by atoms with Gasteiger partial charge in [-0.05, 0) is 25.2 Å². The Hall–Kier alpha value is -1.48. The van der Waals surface area contributed by atoms with Crippen LogP contribution in [0.1, 0.15) is 0 Å². The number of benzene rings is 1. The van der Waals surface area contributed by atoms with Crippen molar-refractivity contribution < 1.29 is 0 Å². The quantitative estimate of drug-likeness (QED) is 0.740. The Bertz CT molecular complexity index is 521. The molecule has 0 atom stereocenters. The number of likely N-dealkylation sites (N-methyl/N-ethyl adjacent to an activating group) is 1. The van der Waals surface area contributed by atoms with Gasteiger partial charge in [0.25, 0.3) is 0 Å². The summed E-state index contributed by atoms with van der Waals surface area (Å²) in [6.07, 6.45) is 2.14. The molecule has 2 heterocycles. The average molecular weight is 229 g/mol. The highest BCUT2D eigenvalue weighted by atomic mass is 15.2. The van der Waals surface area contributed by atoms with Crippen molar-refractivity contribution in [1.29, 1.82) is 0 Å². The third-order valence-electron chi connectivity index (χ3n) is 3.75. The van der Waals surface area contributed by atoms with Gasteiger partial charge in [-0.3, -0.25) is 0 Å². The van der Waals surface area contributed by atoms with Crippen molar-refractivity contribution in [2.45, 2.75) is 0 Å². The molecule has 2 aromatic rings. The van der Waals surface area contributed by atoms with Gasteiger partial charge in [0.2, 0.25) is 0 Å². The van der Waals surface area contributed by atoms with Gasteiger partial charge >= 0.3 is 0 Å². The summed E-state index contributed by atoms with van der Waals surface area (Å²) in [7, 11) is 4.30.